The third-order valence-electron chi connectivity index (χ3n) is 3.43. The number of hydrogen-bond acceptors (Lipinski definition) is 5. The highest BCUT2D eigenvalue weighted by Gasteiger charge is 2.27. The lowest BCUT2D eigenvalue weighted by molar-refractivity contribution is 0.591. The largest absolute Gasteiger partial charge is 0.281 e. The molecule has 0 aliphatic rings. The van der Waals surface area contributed by atoms with Crippen molar-refractivity contribution in [3.63, 3.8) is 0 Å². The molecule has 0 bridgehead atoms. The van der Waals surface area contributed by atoms with Gasteiger partial charge in [0.1, 0.15) is 5.01 Å². The Morgan fingerprint density at radius 1 is 1.29 bits per heavy atom. The Labute approximate surface area is 149 Å². The van der Waals surface area contributed by atoms with Crippen LogP contribution in [0.3, 0.4) is 0 Å². The van der Waals surface area contributed by atoms with Gasteiger partial charge in [-0.3, -0.25) is 4.72 Å². The first-order valence-electron chi connectivity index (χ1n) is 7.48. The predicted molar refractivity (Wildman–Crippen MR) is 96.6 cm³/mol. The molecule has 0 atom stereocenters. The van der Waals surface area contributed by atoms with Crippen LogP contribution in [-0.4, -0.2) is 23.0 Å². The molecule has 0 unspecified atom stereocenters. The van der Waals surface area contributed by atoms with Gasteiger partial charge in [0.15, 0.2) is 0 Å². The van der Waals surface area contributed by atoms with Crippen molar-refractivity contribution in [3.8, 4) is 0 Å². The number of halogens is 1. The van der Waals surface area contributed by atoms with Crippen LogP contribution in [0.1, 0.15) is 37.4 Å². The third-order valence-corrected chi connectivity index (χ3v) is 6.31. The molecule has 24 heavy (non-hydrogen) atoms. The molecule has 0 aliphatic heterocycles. The Balaban J connectivity index is 2.09. The lowest BCUT2D eigenvalue weighted by Gasteiger charge is -2.08. The van der Waals surface area contributed by atoms with Gasteiger partial charge in [-0.15, -0.1) is 0 Å². The van der Waals surface area contributed by atoms with Crippen molar-refractivity contribution in [1.29, 1.82) is 0 Å². The minimum atomic E-state index is -3.81. The summed E-state index contributed by atoms with van der Waals surface area (Å²) in [6.07, 6.45) is 0.504. The zero-order valence-corrected chi connectivity index (χ0v) is 15.8. The van der Waals surface area contributed by atoms with E-state index >= 15 is 0 Å². The van der Waals surface area contributed by atoms with Crippen LogP contribution < -0.4 is 4.72 Å². The van der Waals surface area contributed by atoms with Gasteiger partial charge in [0.2, 0.25) is 9.99 Å². The maximum Gasteiger partial charge on any atom is 0.281 e. The van der Waals surface area contributed by atoms with Crippen molar-refractivity contribution in [3.05, 3.63) is 40.0 Å². The third kappa shape index (κ3) is 3.13. The fourth-order valence-corrected chi connectivity index (χ4v) is 4.74. The molecule has 1 N–H and O–H groups in total. The number of sulfonamides is 1. The van der Waals surface area contributed by atoms with Gasteiger partial charge in [-0.2, -0.15) is 18.0 Å². The van der Waals surface area contributed by atoms with Crippen molar-refractivity contribution in [1.82, 2.24) is 14.6 Å². The second-order valence-electron chi connectivity index (χ2n) is 5.62. The van der Waals surface area contributed by atoms with Gasteiger partial charge in [-0.1, -0.05) is 43.7 Å². The van der Waals surface area contributed by atoms with Crippen molar-refractivity contribution in [2.24, 2.45) is 0 Å². The van der Waals surface area contributed by atoms with E-state index in [1.54, 1.807) is 24.3 Å². The summed E-state index contributed by atoms with van der Waals surface area (Å²) in [6, 6.07) is 6.49. The summed E-state index contributed by atoms with van der Waals surface area (Å²) in [5.41, 5.74) is 0.946. The Morgan fingerprint density at radius 3 is 2.54 bits per heavy atom. The maximum atomic E-state index is 12.9. The summed E-state index contributed by atoms with van der Waals surface area (Å²) in [6.45, 7) is 5.90. The number of fused-ring (bicyclic) bond motifs is 1. The van der Waals surface area contributed by atoms with Gasteiger partial charge in [0.05, 0.1) is 5.69 Å². The predicted octanol–water partition coefficient (Wildman–Crippen LogP) is 3.93. The zero-order valence-electron chi connectivity index (χ0n) is 13.4. The number of aryl methyl sites for hydroxylation is 1. The molecule has 0 spiro atoms. The first kappa shape index (κ1) is 17.2. The summed E-state index contributed by atoms with van der Waals surface area (Å²) in [5, 5.41) is 5.92. The highest BCUT2D eigenvalue weighted by molar-refractivity contribution is 7.92. The molecule has 0 fully saturated rings. The molecule has 2 heterocycles. The van der Waals surface area contributed by atoms with Gasteiger partial charge in [-0.25, -0.2) is 4.98 Å². The second-order valence-corrected chi connectivity index (χ2v) is 8.64. The van der Waals surface area contributed by atoms with E-state index in [1.807, 2.05) is 20.8 Å². The average Bonchev–Trinajstić information content (AvgIpc) is 3.06. The second kappa shape index (κ2) is 6.34. The SMILES string of the molecule is CCc1nc2sc(C(C)C)nn2c1S(=O)(=O)Nc1ccc(Cl)cc1. The van der Waals surface area contributed by atoms with Crippen LogP contribution in [0.5, 0.6) is 0 Å². The molecular weight excluding hydrogens is 368 g/mol. The van der Waals surface area contributed by atoms with Crippen LogP contribution in [0, 0.1) is 0 Å². The van der Waals surface area contributed by atoms with Gasteiger partial charge < -0.3 is 0 Å². The summed E-state index contributed by atoms with van der Waals surface area (Å²) in [7, 11) is -3.81. The highest BCUT2D eigenvalue weighted by atomic mass is 35.5. The fraction of sp³-hybridized carbons (Fsp3) is 0.333. The van der Waals surface area contributed by atoms with Crippen LogP contribution in [0.25, 0.3) is 4.96 Å². The lowest BCUT2D eigenvalue weighted by Crippen LogP contribution is -2.17. The van der Waals surface area contributed by atoms with Gasteiger partial charge in [0, 0.05) is 16.6 Å². The minimum absolute atomic E-state index is 0.0955. The minimum Gasteiger partial charge on any atom is -0.278 e. The molecule has 2 aromatic heterocycles. The number of anilines is 1. The van der Waals surface area contributed by atoms with E-state index in [9.17, 15) is 8.42 Å². The normalized spacial score (nSPS) is 12.2. The number of rotatable bonds is 5. The molecule has 0 saturated heterocycles. The summed E-state index contributed by atoms with van der Waals surface area (Å²) >= 11 is 7.25. The molecule has 1 aromatic carbocycles. The van der Waals surface area contributed by atoms with Gasteiger partial charge in [0.25, 0.3) is 10.0 Å². The van der Waals surface area contributed by atoms with E-state index in [-0.39, 0.29) is 10.9 Å². The molecule has 3 rings (SSSR count). The molecule has 0 radical (unpaired) electrons. The molecule has 6 nitrogen and oxygen atoms in total. The Hall–Kier alpha value is -1.64. The van der Waals surface area contributed by atoms with E-state index in [0.717, 1.165) is 5.01 Å². The van der Waals surface area contributed by atoms with Crippen molar-refractivity contribution in [2.45, 2.75) is 38.1 Å². The topological polar surface area (TPSA) is 76.4 Å². The van der Waals surface area contributed by atoms with Crippen LogP contribution in [-0.2, 0) is 16.4 Å². The summed E-state index contributed by atoms with van der Waals surface area (Å²) < 4.78 is 29.8. The molecule has 0 saturated carbocycles. The van der Waals surface area contributed by atoms with Crippen molar-refractivity contribution < 1.29 is 8.42 Å². The maximum absolute atomic E-state index is 12.9. The molecular formula is C15H17ClN4O2S2. The van der Waals surface area contributed by atoms with E-state index in [4.69, 9.17) is 11.6 Å². The smallest absolute Gasteiger partial charge is 0.278 e. The number of hydrogen-bond donors (Lipinski definition) is 1. The van der Waals surface area contributed by atoms with Crippen LogP contribution in [0.4, 0.5) is 5.69 Å². The summed E-state index contributed by atoms with van der Waals surface area (Å²) in [4.78, 5) is 5.02. The molecule has 0 amide bonds. The number of nitrogens with zero attached hydrogens (tertiary/aromatic N) is 3. The number of nitrogens with one attached hydrogen (secondary N) is 1. The Morgan fingerprint density at radius 2 is 1.96 bits per heavy atom. The first-order chi connectivity index (χ1) is 11.3. The number of imidazole rings is 1. The van der Waals surface area contributed by atoms with E-state index in [2.05, 4.69) is 14.8 Å². The van der Waals surface area contributed by atoms with E-state index < -0.39 is 10.0 Å². The standard InChI is InChI=1S/C15H17ClN4O2S2/c1-4-12-14(20-15(17-12)23-13(18-20)9(2)3)24(21,22)19-11-7-5-10(16)6-8-11/h5-9,19H,4H2,1-3H3. The monoisotopic (exact) mass is 384 g/mol. The zero-order chi connectivity index (χ0) is 17.5. The highest BCUT2D eigenvalue weighted by Crippen LogP contribution is 2.28. The van der Waals surface area contributed by atoms with Gasteiger partial charge >= 0.3 is 0 Å². The summed E-state index contributed by atoms with van der Waals surface area (Å²) in [5.74, 6) is 0.210. The van der Waals surface area contributed by atoms with Crippen LogP contribution >= 0.6 is 22.9 Å². The van der Waals surface area contributed by atoms with Crippen LogP contribution in [0.2, 0.25) is 5.02 Å². The number of aromatic nitrogens is 3. The lowest BCUT2D eigenvalue weighted by atomic mass is 10.2. The van der Waals surface area contributed by atoms with Gasteiger partial charge in [-0.05, 0) is 30.7 Å². The van der Waals surface area contributed by atoms with Crippen LogP contribution in [0.15, 0.2) is 29.3 Å². The van der Waals surface area contributed by atoms with E-state index in [0.29, 0.717) is 27.8 Å². The fourth-order valence-electron chi connectivity index (χ4n) is 2.24. The van der Waals surface area contributed by atoms with Crippen molar-refractivity contribution in [2.75, 3.05) is 4.72 Å². The quantitative estimate of drug-likeness (QED) is 0.723. The Kier molecular flexibility index (Phi) is 4.54. The Bertz CT molecular complexity index is 975. The average molecular weight is 385 g/mol. The van der Waals surface area contributed by atoms with Crippen molar-refractivity contribution >= 4 is 43.6 Å². The molecule has 128 valence electrons. The number of benzene rings is 1. The molecule has 9 heteroatoms. The first-order valence-corrected chi connectivity index (χ1v) is 10.2. The van der Waals surface area contributed by atoms with E-state index in [1.165, 1.54) is 15.9 Å². The molecule has 3 aromatic rings. The molecule has 0 aliphatic carbocycles.